The molecule has 1 aromatic heterocycles. The monoisotopic (exact) mass is 374 g/mol. The summed E-state index contributed by atoms with van der Waals surface area (Å²) >= 11 is 0. The highest BCUT2D eigenvalue weighted by Gasteiger charge is 2.22. The van der Waals surface area contributed by atoms with Crippen LogP contribution in [0.4, 0.5) is 4.79 Å². The number of nitrogens with one attached hydrogen (secondary N) is 1. The van der Waals surface area contributed by atoms with Gasteiger partial charge in [0.1, 0.15) is 5.75 Å². The molecule has 1 aliphatic rings. The summed E-state index contributed by atoms with van der Waals surface area (Å²) in [4.78, 5) is 18.6. The number of hydrogen-bond acceptors (Lipinski definition) is 6. The van der Waals surface area contributed by atoms with Crippen molar-refractivity contribution in [1.82, 2.24) is 20.4 Å². The zero-order valence-corrected chi connectivity index (χ0v) is 15.8. The molecule has 8 nitrogen and oxygen atoms in total. The average molecular weight is 374 g/mol. The van der Waals surface area contributed by atoms with E-state index in [1.54, 1.807) is 18.9 Å². The molecule has 0 radical (unpaired) electrons. The molecule has 0 saturated carbocycles. The molecule has 1 atom stereocenters. The van der Waals surface area contributed by atoms with Crippen LogP contribution >= 0.6 is 0 Å². The number of amides is 2. The molecule has 2 aromatic rings. The van der Waals surface area contributed by atoms with Crippen LogP contribution in [0, 0.1) is 6.92 Å². The van der Waals surface area contributed by atoms with Gasteiger partial charge >= 0.3 is 6.03 Å². The standard InChI is InChI=1S/C19H26N4O4/c1-14-21-18(22-27-14)12-20-19(24)23(13-17-4-3-11-26-17)10-9-15-5-7-16(25-2)8-6-15/h5-8,17H,3-4,9-13H2,1-2H3,(H,20,24). The van der Waals surface area contributed by atoms with Gasteiger partial charge in [-0.2, -0.15) is 4.98 Å². The van der Waals surface area contributed by atoms with Gasteiger partial charge in [0.2, 0.25) is 5.89 Å². The number of carbonyl (C=O) groups excluding carboxylic acids is 1. The van der Waals surface area contributed by atoms with Gasteiger partial charge in [-0.15, -0.1) is 0 Å². The first-order chi connectivity index (χ1) is 13.1. The molecule has 0 bridgehead atoms. The molecule has 0 aliphatic carbocycles. The molecule has 1 fully saturated rings. The third kappa shape index (κ3) is 5.68. The summed E-state index contributed by atoms with van der Waals surface area (Å²) in [5.41, 5.74) is 1.15. The molecule has 1 N–H and O–H groups in total. The van der Waals surface area contributed by atoms with Crippen LogP contribution in [-0.2, 0) is 17.7 Å². The lowest BCUT2D eigenvalue weighted by Crippen LogP contribution is -2.44. The fourth-order valence-electron chi connectivity index (χ4n) is 3.05. The molecule has 1 unspecified atom stereocenters. The molecule has 2 heterocycles. The van der Waals surface area contributed by atoms with Crippen molar-refractivity contribution in [2.75, 3.05) is 26.8 Å². The molecular weight excluding hydrogens is 348 g/mol. The predicted octanol–water partition coefficient (Wildman–Crippen LogP) is 2.32. The molecule has 2 amide bonds. The number of hydrogen-bond donors (Lipinski definition) is 1. The Balaban J connectivity index is 1.57. The number of nitrogens with zero attached hydrogens (tertiary/aromatic N) is 3. The SMILES string of the molecule is COc1ccc(CCN(CC2CCCO2)C(=O)NCc2noc(C)n2)cc1. The number of aromatic nitrogens is 2. The van der Waals surface area contributed by atoms with Crippen molar-refractivity contribution < 1.29 is 18.8 Å². The Morgan fingerprint density at radius 2 is 2.19 bits per heavy atom. The predicted molar refractivity (Wildman–Crippen MR) is 98.5 cm³/mol. The van der Waals surface area contributed by atoms with Gasteiger partial charge in [0.15, 0.2) is 5.82 Å². The van der Waals surface area contributed by atoms with Crippen LogP contribution in [0.3, 0.4) is 0 Å². The first-order valence-corrected chi connectivity index (χ1v) is 9.20. The van der Waals surface area contributed by atoms with Crippen molar-refractivity contribution in [2.24, 2.45) is 0 Å². The topological polar surface area (TPSA) is 89.7 Å². The Hall–Kier alpha value is -2.61. The van der Waals surface area contributed by atoms with Crippen molar-refractivity contribution in [3.63, 3.8) is 0 Å². The lowest BCUT2D eigenvalue weighted by Gasteiger charge is -2.25. The Labute approximate surface area is 158 Å². The van der Waals surface area contributed by atoms with Crippen LogP contribution in [0.15, 0.2) is 28.8 Å². The second kappa shape index (κ2) is 9.36. The van der Waals surface area contributed by atoms with Gasteiger partial charge in [0.25, 0.3) is 0 Å². The highest BCUT2D eigenvalue weighted by atomic mass is 16.5. The third-order valence-corrected chi connectivity index (χ3v) is 4.53. The van der Waals surface area contributed by atoms with Crippen molar-refractivity contribution in [3.05, 3.63) is 41.5 Å². The molecule has 8 heteroatoms. The second-order valence-electron chi connectivity index (χ2n) is 6.57. The molecule has 1 saturated heterocycles. The van der Waals surface area contributed by atoms with E-state index in [1.807, 2.05) is 24.3 Å². The Bertz CT molecular complexity index is 726. The minimum atomic E-state index is -0.151. The summed E-state index contributed by atoms with van der Waals surface area (Å²) < 4.78 is 15.8. The van der Waals surface area contributed by atoms with Gasteiger partial charge in [-0.05, 0) is 37.0 Å². The van der Waals surface area contributed by atoms with Gasteiger partial charge in [0.05, 0.1) is 19.8 Å². The van der Waals surface area contributed by atoms with Gasteiger partial charge < -0.3 is 24.2 Å². The molecule has 1 aromatic carbocycles. The number of ether oxygens (including phenoxy) is 2. The minimum absolute atomic E-state index is 0.0963. The van der Waals surface area contributed by atoms with Crippen LogP contribution in [0.1, 0.15) is 30.1 Å². The van der Waals surface area contributed by atoms with Gasteiger partial charge in [-0.1, -0.05) is 17.3 Å². The van der Waals surface area contributed by atoms with Crippen molar-refractivity contribution in [1.29, 1.82) is 0 Å². The minimum Gasteiger partial charge on any atom is -0.497 e. The van der Waals surface area contributed by atoms with Crippen molar-refractivity contribution in [2.45, 2.75) is 38.8 Å². The van der Waals surface area contributed by atoms with E-state index in [2.05, 4.69) is 15.5 Å². The van der Waals surface area contributed by atoms with E-state index in [0.717, 1.165) is 37.2 Å². The average Bonchev–Trinajstić information content (AvgIpc) is 3.35. The smallest absolute Gasteiger partial charge is 0.317 e. The number of rotatable bonds is 8. The maximum Gasteiger partial charge on any atom is 0.317 e. The number of methoxy groups -OCH3 is 1. The van der Waals surface area contributed by atoms with E-state index < -0.39 is 0 Å². The van der Waals surface area contributed by atoms with E-state index in [9.17, 15) is 4.79 Å². The number of benzene rings is 1. The maximum atomic E-state index is 12.7. The highest BCUT2D eigenvalue weighted by molar-refractivity contribution is 5.74. The summed E-state index contributed by atoms with van der Waals surface area (Å²) in [5, 5.41) is 6.67. The lowest BCUT2D eigenvalue weighted by atomic mass is 10.1. The van der Waals surface area contributed by atoms with Gasteiger partial charge in [-0.3, -0.25) is 0 Å². The van der Waals surface area contributed by atoms with E-state index in [0.29, 0.717) is 24.8 Å². The summed E-state index contributed by atoms with van der Waals surface area (Å²) in [5.74, 6) is 1.77. The van der Waals surface area contributed by atoms with Crippen molar-refractivity contribution >= 4 is 6.03 Å². The molecule has 146 valence electrons. The highest BCUT2D eigenvalue weighted by Crippen LogP contribution is 2.15. The van der Waals surface area contributed by atoms with Crippen LogP contribution in [0.2, 0.25) is 0 Å². The molecule has 0 spiro atoms. The largest absolute Gasteiger partial charge is 0.497 e. The first kappa shape index (κ1) is 19.2. The van der Waals surface area contributed by atoms with Gasteiger partial charge in [0, 0.05) is 26.6 Å². The number of urea groups is 1. The number of aryl methyl sites for hydroxylation is 1. The number of carbonyl (C=O) groups is 1. The maximum absolute atomic E-state index is 12.7. The Morgan fingerprint density at radius 3 is 2.81 bits per heavy atom. The Morgan fingerprint density at radius 1 is 1.37 bits per heavy atom. The van der Waals surface area contributed by atoms with Gasteiger partial charge in [-0.25, -0.2) is 4.79 Å². The van der Waals surface area contributed by atoms with Crippen LogP contribution in [0.25, 0.3) is 0 Å². The fourth-order valence-corrected chi connectivity index (χ4v) is 3.05. The zero-order valence-electron chi connectivity index (χ0n) is 15.8. The second-order valence-corrected chi connectivity index (χ2v) is 6.57. The van der Waals surface area contributed by atoms with E-state index >= 15 is 0 Å². The summed E-state index contributed by atoms with van der Waals surface area (Å²) in [6, 6.07) is 7.74. The first-order valence-electron chi connectivity index (χ1n) is 9.20. The molecule has 27 heavy (non-hydrogen) atoms. The summed E-state index contributed by atoms with van der Waals surface area (Å²) in [6.07, 6.45) is 2.88. The lowest BCUT2D eigenvalue weighted by molar-refractivity contribution is 0.0814. The van der Waals surface area contributed by atoms with E-state index in [-0.39, 0.29) is 18.7 Å². The molecular formula is C19H26N4O4. The molecule has 3 rings (SSSR count). The summed E-state index contributed by atoms with van der Waals surface area (Å²) in [7, 11) is 1.65. The van der Waals surface area contributed by atoms with E-state index in [1.165, 1.54) is 0 Å². The summed E-state index contributed by atoms with van der Waals surface area (Å²) in [6.45, 7) is 3.90. The van der Waals surface area contributed by atoms with Crippen molar-refractivity contribution in [3.8, 4) is 5.75 Å². The van der Waals surface area contributed by atoms with Crippen LogP contribution in [-0.4, -0.2) is 54.0 Å². The van der Waals surface area contributed by atoms with Crippen LogP contribution < -0.4 is 10.1 Å². The molecule has 1 aliphatic heterocycles. The zero-order chi connectivity index (χ0) is 19.1. The normalized spacial score (nSPS) is 16.3. The van der Waals surface area contributed by atoms with Crippen LogP contribution in [0.5, 0.6) is 5.75 Å². The quantitative estimate of drug-likeness (QED) is 0.763. The fraction of sp³-hybridized carbons (Fsp3) is 0.526. The Kier molecular flexibility index (Phi) is 6.64. The van der Waals surface area contributed by atoms with E-state index in [4.69, 9.17) is 14.0 Å². The third-order valence-electron chi connectivity index (χ3n) is 4.53.